The summed E-state index contributed by atoms with van der Waals surface area (Å²) in [6, 6.07) is 12.0. The number of hydrogen-bond donors (Lipinski definition) is 1. The number of aryl methyl sites for hydroxylation is 1. The Morgan fingerprint density at radius 3 is 2.63 bits per heavy atom. The number of rotatable bonds is 4. The minimum atomic E-state index is -3.27. The summed E-state index contributed by atoms with van der Waals surface area (Å²) >= 11 is 6.53. The van der Waals surface area contributed by atoms with Crippen LogP contribution >= 0.6 is 11.6 Å². The lowest BCUT2D eigenvalue weighted by Gasteiger charge is -2.53. The van der Waals surface area contributed by atoms with Crippen LogP contribution < -0.4 is 14.4 Å². The van der Waals surface area contributed by atoms with Crippen molar-refractivity contribution >= 4 is 48.8 Å². The average Bonchev–Trinajstić information content (AvgIpc) is 3.31. The first-order valence-electron chi connectivity index (χ1n) is 20.7. The Morgan fingerprint density at radius 2 is 1.88 bits per heavy atom. The molecule has 1 unspecified atom stereocenters. The summed E-state index contributed by atoms with van der Waals surface area (Å²) < 4.78 is 57.2. The fourth-order valence-corrected chi connectivity index (χ4v) is 13.2. The van der Waals surface area contributed by atoms with Crippen molar-refractivity contribution in [2.75, 3.05) is 83.8 Å². The van der Waals surface area contributed by atoms with Gasteiger partial charge in [-0.2, -0.15) is 4.31 Å². The van der Waals surface area contributed by atoms with Crippen LogP contribution in [0.5, 0.6) is 5.75 Å². The zero-order chi connectivity index (χ0) is 40.3. The number of fused-ring (bicyclic) bond motifs is 5. The molecule has 14 heteroatoms. The van der Waals surface area contributed by atoms with Crippen LogP contribution in [0.15, 0.2) is 48.6 Å². The standard InChI is InChI=1S/C43H60ClN5O6S2/c1-30-8-6-17-43(54-3,28-46-18-19-47-20-21-49(57(5,52)53)26-36(47)25-46)38-13-10-34(38)24-48-27-42(16-7-9-32-22-35(44)12-14-37(32)42)29-55-40-15-11-33(23-39(40)48)41(50)45-56(4,51)31(30)2/h6,11-12,14-15,17,22-23,30-31,34,36,38H,4,7-10,13,16,18-21,24-29H2,1-3,5H3,(H,45,50,51)/b17-6+/t30-,31+,34-,36-,38+,42-,43+,56?/m0/s1. The molecule has 2 aliphatic carbocycles. The van der Waals surface area contributed by atoms with E-state index in [-0.39, 0.29) is 28.5 Å². The monoisotopic (exact) mass is 841 g/mol. The van der Waals surface area contributed by atoms with E-state index in [9.17, 15) is 17.4 Å². The number of methoxy groups -OCH3 is 1. The number of nitrogens with one attached hydrogen (secondary N) is 1. The van der Waals surface area contributed by atoms with Gasteiger partial charge in [0.1, 0.15) is 11.4 Å². The number of amides is 1. The zero-order valence-corrected chi connectivity index (χ0v) is 36.3. The third kappa shape index (κ3) is 8.03. The second-order valence-electron chi connectivity index (χ2n) is 17.9. The lowest BCUT2D eigenvalue weighted by Crippen LogP contribution is -2.65. The van der Waals surface area contributed by atoms with Crippen molar-refractivity contribution in [3.63, 3.8) is 0 Å². The molecule has 0 radical (unpaired) electrons. The van der Waals surface area contributed by atoms with Gasteiger partial charge in [-0.25, -0.2) is 12.6 Å². The summed E-state index contributed by atoms with van der Waals surface area (Å²) in [7, 11) is -4.44. The molecule has 2 saturated heterocycles. The van der Waals surface area contributed by atoms with Gasteiger partial charge in [0.25, 0.3) is 5.91 Å². The van der Waals surface area contributed by atoms with Crippen molar-refractivity contribution in [2.45, 2.75) is 74.7 Å². The van der Waals surface area contributed by atoms with E-state index in [2.05, 4.69) is 56.5 Å². The molecule has 57 heavy (non-hydrogen) atoms. The smallest absolute Gasteiger partial charge is 0.262 e. The molecule has 2 aromatic carbocycles. The third-order valence-electron chi connectivity index (χ3n) is 14.4. The van der Waals surface area contributed by atoms with Crippen molar-refractivity contribution in [3.05, 3.63) is 70.3 Å². The van der Waals surface area contributed by atoms with Gasteiger partial charge < -0.3 is 14.4 Å². The molecule has 2 aromatic rings. The van der Waals surface area contributed by atoms with Crippen molar-refractivity contribution in [1.82, 2.24) is 18.8 Å². The molecule has 1 amide bonds. The molecule has 8 atom stereocenters. The van der Waals surface area contributed by atoms with Gasteiger partial charge in [-0.05, 0) is 111 Å². The highest BCUT2D eigenvalue weighted by molar-refractivity contribution is 7.99. The van der Waals surface area contributed by atoms with Gasteiger partial charge in [0.15, 0.2) is 0 Å². The summed E-state index contributed by atoms with van der Waals surface area (Å²) in [5.74, 6) is 4.89. The molecular weight excluding hydrogens is 782 g/mol. The predicted octanol–water partition coefficient (Wildman–Crippen LogP) is 4.83. The molecule has 8 rings (SSSR count). The number of anilines is 1. The van der Waals surface area contributed by atoms with Crippen LogP contribution in [0.2, 0.25) is 5.02 Å². The average molecular weight is 843 g/mol. The first-order chi connectivity index (χ1) is 27.1. The maximum atomic E-state index is 14.1. The number of benzene rings is 2. The molecule has 1 saturated carbocycles. The van der Waals surface area contributed by atoms with Crippen LogP contribution in [0.25, 0.3) is 0 Å². The van der Waals surface area contributed by atoms with E-state index in [1.54, 1.807) is 10.4 Å². The third-order valence-corrected chi connectivity index (χ3v) is 18.1. The molecule has 0 aromatic heterocycles. The zero-order valence-electron chi connectivity index (χ0n) is 34.0. The van der Waals surface area contributed by atoms with E-state index >= 15 is 0 Å². The Labute approximate surface area is 345 Å². The van der Waals surface area contributed by atoms with Gasteiger partial charge >= 0.3 is 0 Å². The normalized spacial score (nSPS) is 36.1. The molecule has 4 aliphatic heterocycles. The number of ether oxygens (including phenoxy) is 2. The Balaban J connectivity index is 1.17. The summed E-state index contributed by atoms with van der Waals surface area (Å²) in [5.41, 5.74) is 2.99. The summed E-state index contributed by atoms with van der Waals surface area (Å²) in [5, 5.41) is 0.360. The van der Waals surface area contributed by atoms with Crippen LogP contribution in [0, 0.1) is 17.8 Å². The summed E-state index contributed by atoms with van der Waals surface area (Å²) in [6.07, 6.45) is 11.5. The molecular formula is C43H60ClN5O6S2. The lowest BCUT2D eigenvalue weighted by molar-refractivity contribution is -0.101. The maximum absolute atomic E-state index is 14.1. The topological polar surface area (TPSA) is 112 Å². The van der Waals surface area contributed by atoms with E-state index in [1.807, 2.05) is 32.2 Å². The SMILES string of the molecule is C=S1(=O)NC(=O)c2ccc3c(c2)N(C[C@@H]2CC[C@H]2[C@@](CN2CCN4CCN(S(C)(=O)=O)C[C@@H]4C2)(OC)/C=C/C[C@H](C)[C@H]1C)C[C@@]1(CCCc2cc(Cl)ccc21)CO3. The highest BCUT2D eigenvalue weighted by Crippen LogP contribution is 2.49. The number of allylic oxidation sites excluding steroid dienone is 1. The fraction of sp³-hybridized carbons (Fsp3) is 0.628. The largest absolute Gasteiger partial charge is 0.490 e. The van der Waals surface area contributed by atoms with Crippen LogP contribution in [-0.4, -0.2) is 134 Å². The molecule has 1 N–H and O–H groups in total. The Morgan fingerprint density at radius 1 is 1.07 bits per heavy atom. The van der Waals surface area contributed by atoms with Crippen LogP contribution in [-0.2, 0) is 36.3 Å². The Kier molecular flexibility index (Phi) is 11.4. The molecule has 4 heterocycles. The fourth-order valence-electron chi connectivity index (χ4n) is 10.7. The van der Waals surface area contributed by atoms with Gasteiger partial charge in [0.2, 0.25) is 10.0 Å². The Hall–Kier alpha value is -2.65. The van der Waals surface area contributed by atoms with E-state index in [4.69, 9.17) is 21.1 Å². The summed E-state index contributed by atoms with van der Waals surface area (Å²) in [6.45, 7) is 11.0. The van der Waals surface area contributed by atoms with E-state index < -0.39 is 31.2 Å². The van der Waals surface area contributed by atoms with Crippen molar-refractivity contribution in [2.24, 2.45) is 17.8 Å². The maximum Gasteiger partial charge on any atom is 0.262 e. The van der Waals surface area contributed by atoms with Crippen molar-refractivity contribution < 1.29 is 26.9 Å². The number of nitrogens with zero attached hydrogens (tertiary/aromatic N) is 4. The lowest BCUT2D eigenvalue weighted by atomic mass is 9.63. The van der Waals surface area contributed by atoms with Gasteiger partial charge in [0.05, 0.1) is 28.3 Å². The number of sulfonamides is 1. The van der Waals surface area contributed by atoms with Crippen molar-refractivity contribution in [3.8, 4) is 5.75 Å². The number of piperazine rings is 2. The van der Waals surface area contributed by atoms with Gasteiger partial charge in [0, 0.05) is 93.3 Å². The molecule has 1 spiro atoms. The van der Waals surface area contributed by atoms with Crippen LogP contribution in [0.4, 0.5) is 5.69 Å². The number of carbonyl (C=O) groups excluding carboxylic acids is 1. The van der Waals surface area contributed by atoms with Crippen molar-refractivity contribution in [1.29, 1.82) is 0 Å². The van der Waals surface area contributed by atoms with Gasteiger partial charge in [-0.1, -0.05) is 36.7 Å². The quantitative estimate of drug-likeness (QED) is 0.342. The van der Waals surface area contributed by atoms with Gasteiger partial charge in [-0.3, -0.25) is 19.3 Å². The van der Waals surface area contributed by atoms with E-state index in [1.165, 1.54) is 17.4 Å². The number of hydrogen-bond acceptors (Lipinski definition) is 9. The first kappa shape index (κ1) is 41.1. The van der Waals surface area contributed by atoms with E-state index in [0.29, 0.717) is 44.1 Å². The number of halogens is 1. The molecule has 6 aliphatic rings. The Bertz CT molecular complexity index is 2120. The highest BCUT2D eigenvalue weighted by atomic mass is 35.5. The number of carbonyl (C=O) groups is 1. The van der Waals surface area contributed by atoms with Gasteiger partial charge in [-0.15, -0.1) is 0 Å². The second-order valence-corrected chi connectivity index (χ2v) is 22.7. The van der Waals surface area contributed by atoms with E-state index in [0.717, 1.165) is 87.8 Å². The molecule has 2 bridgehead atoms. The van der Waals surface area contributed by atoms with Crippen LogP contribution in [0.1, 0.15) is 67.4 Å². The first-order valence-corrected chi connectivity index (χ1v) is 24.7. The minimum absolute atomic E-state index is 0.0284. The highest BCUT2D eigenvalue weighted by Gasteiger charge is 2.50. The van der Waals surface area contributed by atoms with Crippen LogP contribution in [0.3, 0.4) is 0 Å². The molecule has 11 nitrogen and oxygen atoms in total. The molecule has 312 valence electrons. The predicted molar refractivity (Wildman–Crippen MR) is 230 cm³/mol. The summed E-state index contributed by atoms with van der Waals surface area (Å²) in [4.78, 5) is 21.3. The minimum Gasteiger partial charge on any atom is -0.490 e. The molecule has 3 fully saturated rings. The second kappa shape index (κ2) is 15.7.